The highest BCUT2D eigenvalue weighted by Crippen LogP contribution is 2.36. The number of pyridine rings is 1. The second-order valence-electron chi connectivity index (χ2n) is 8.27. The van der Waals surface area contributed by atoms with Crippen LogP contribution in [0.25, 0.3) is 0 Å². The van der Waals surface area contributed by atoms with Crippen LogP contribution in [0.1, 0.15) is 55.4 Å². The van der Waals surface area contributed by atoms with E-state index >= 15 is 0 Å². The molecule has 1 unspecified atom stereocenters. The minimum Gasteiger partial charge on any atom is -0.493 e. The molecule has 0 radical (unpaired) electrons. The Bertz CT molecular complexity index is 1290. The van der Waals surface area contributed by atoms with Gasteiger partial charge in [0.2, 0.25) is 0 Å². The van der Waals surface area contributed by atoms with Crippen molar-refractivity contribution in [2.75, 3.05) is 19.5 Å². The van der Waals surface area contributed by atoms with Crippen LogP contribution in [0, 0.1) is 13.8 Å². The van der Waals surface area contributed by atoms with E-state index in [9.17, 15) is 14.4 Å². The Morgan fingerprint density at radius 3 is 2.33 bits per heavy atom. The van der Waals surface area contributed by atoms with Gasteiger partial charge >= 0.3 is 0 Å². The van der Waals surface area contributed by atoms with E-state index in [4.69, 9.17) is 9.47 Å². The summed E-state index contributed by atoms with van der Waals surface area (Å²) in [6.45, 7) is 3.77. The number of methoxy groups -OCH3 is 2. The van der Waals surface area contributed by atoms with Gasteiger partial charge in [-0.05, 0) is 61.1 Å². The zero-order valence-electron chi connectivity index (χ0n) is 19.1. The van der Waals surface area contributed by atoms with E-state index in [1.165, 1.54) is 6.07 Å². The van der Waals surface area contributed by atoms with Gasteiger partial charge < -0.3 is 19.8 Å². The summed E-state index contributed by atoms with van der Waals surface area (Å²) in [6, 6.07) is 12.7. The number of anilines is 1. The summed E-state index contributed by atoms with van der Waals surface area (Å²) in [5.74, 6) is 0.423. The third-order valence-corrected chi connectivity index (χ3v) is 6.15. The Kier molecular flexibility index (Phi) is 6.05. The Morgan fingerprint density at radius 2 is 1.67 bits per heavy atom. The van der Waals surface area contributed by atoms with Crippen molar-refractivity contribution < 1.29 is 19.1 Å². The van der Waals surface area contributed by atoms with Gasteiger partial charge in [-0.15, -0.1) is 0 Å². The van der Waals surface area contributed by atoms with Crippen LogP contribution in [0.2, 0.25) is 0 Å². The highest BCUT2D eigenvalue weighted by Gasteiger charge is 2.29. The van der Waals surface area contributed by atoms with E-state index in [1.807, 2.05) is 44.2 Å². The summed E-state index contributed by atoms with van der Waals surface area (Å²) >= 11 is 0. The van der Waals surface area contributed by atoms with Crippen LogP contribution < -0.4 is 20.3 Å². The Labute approximate surface area is 191 Å². The molecular weight excluding hydrogens is 420 g/mol. The van der Waals surface area contributed by atoms with Crippen molar-refractivity contribution in [3.8, 4) is 11.5 Å². The maximum absolute atomic E-state index is 13.0. The molecule has 1 aromatic heterocycles. The van der Waals surface area contributed by atoms with Crippen molar-refractivity contribution in [1.29, 1.82) is 0 Å². The zero-order chi connectivity index (χ0) is 23.7. The molecule has 1 aliphatic rings. The summed E-state index contributed by atoms with van der Waals surface area (Å²) in [5.41, 5.74) is 3.71. The molecule has 0 aliphatic heterocycles. The molecule has 1 amide bonds. The van der Waals surface area contributed by atoms with Crippen LogP contribution in [-0.2, 0) is 6.42 Å². The van der Waals surface area contributed by atoms with Crippen molar-refractivity contribution >= 4 is 17.4 Å². The molecule has 33 heavy (non-hydrogen) atoms. The fourth-order valence-corrected chi connectivity index (χ4v) is 4.33. The van der Waals surface area contributed by atoms with Crippen LogP contribution in [-0.4, -0.2) is 30.9 Å². The van der Waals surface area contributed by atoms with Crippen LogP contribution in [0.15, 0.2) is 47.3 Å². The van der Waals surface area contributed by atoms with Crippen LogP contribution in [0.4, 0.5) is 5.69 Å². The number of ketones is 1. The summed E-state index contributed by atoms with van der Waals surface area (Å²) < 4.78 is 10.7. The maximum atomic E-state index is 13.0. The number of aromatic amines is 1. The number of H-pyrrole nitrogens is 1. The average Bonchev–Trinajstić information content (AvgIpc) is 2.80. The summed E-state index contributed by atoms with van der Waals surface area (Å²) in [7, 11) is 3.13. The molecule has 7 nitrogen and oxygen atoms in total. The van der Waals surface area contributed by atoms with Gasteiger partial charge in [0.1, 0.15) is 5.56 Å². The molecule has 3 aromatic rings. The first kappa shape index (κ1) is 22.3. The highest BCUT2D eigenvalue weighted by molar-refractivity contribution is 6.07. The number of amides is 1. The quantitative estimate of drug-likeness (QED) is 0.613. The number of nitrogens with one attached hydrogen (secondary N) is 2. The number of Topliss-reactive ketones (excluding diaryl/α,β-unsaturated/α-hetero) is 1. The first-order valence-corrected chi connectivity index (χ1v) is 10.7. The number of aryl methyl sites for hydroxylation is 2. The van der Waals surface area contributed by atoms with Crippen LogP contribution >= 0.6 is 0 Å². The zero-order valence-corrected chi connectivity index (χ0v) is 19.1. The fraction of sp³-hybridized carbons (Fsp3) is 0.269. The minimum atomic E-state index is -0.536. The van der Waals surface area contributed by atoms with Gasteiger partial charge in [-0.2, -0.15) is 0 Å². The second-order valence-corrected chi connectivity index (χ2v) is 8.27. The van der Waals surface area contributed by atoms with Crippen molar-refractivity contribution in [1.82, 2.24) is 4.98 Å². The lowest BCUT2D eigenvalue weighted by Crippen LogP contribution is -2.29. The third-order valence-electron chi connectivity index (χ3n) is 6.15. The van der Waals surface area contributed by atoms with Gasteiger partial charge in [-0.3, -0.25) is 14.4 Å². The molecule has 0 saturated heterocycles. The third kappa shape index (κ3) is 4.26. The molecule has 170 valence electrons. The largest absolute Gasteiger partial charge is 0.493 e. The predicted octanol–water partition coefficient (Wildman–Crippen LogP) is 4.17. The molecule has 2 aromatic carbocycles. The van der Waals surface area contributed by atoms with E-state index in [0.717, 1.165) is 16.7 Å². The SMILES string of the molecule is COc1ccc(C2CC(=O)c3cc(C(=O)Nc4c(C)cccc4C)c(=O)[nH]c3C2)cc1OC. The number of fused-ring (bicyclic) bond motifs is 1. The summed E-state index contributed by atoms with van der Waals surface area (Å²) in [5, 5.41) is 2.82. The van der Waals surface area contributed by atoms with E-state index in [0.29, 0.717) is 34.9 Å². The number of hydrogen-bond acceptors (Lipinski definition) is 5. The lowest BCUT2D eigenvalue weighted by Gasteiger charge is -2.24. The van der Waals surface area contributed by atoms with Crippen molar-refractivity contribution in [2.45, 2.75) is 32.6 Å². The molecule has 1 atom stereocenters. The number of carbonyl (C=O) groups is 2. The first-order valence-electron chi connectivity index (χ1n) is 10.7. The molecule has 4 rings (SSSR count). The second kappa shape index (κ2) is 8.94. The molecule has 2 N–H and O–H groups in total. The molecular formula is C26H26N2O5. The molecule has 1 heterocycles. The first-order chi connectivity index (χ1) is 15.8. The molecule has 0 bridgehead atoms. The van der Waals surface area contributed by atoms with Crippen molar-refractivity contribution in [2.24, 2.45) is 0 Å². The van der Waals surface area contributed by atoms with Gasteiger partial charge in [-0.1, -0.05) is 24.3 Å². The molecule has 0 spiro atoms. The lowest BCUT2D eigenvalue weighted by molar-refractivity contribution is 0.0963. The molecule has 7 heteroatoms. The van der Waals surface area contributed by atoms with Crippen LogP contribution in [0.3, 0.4) is 0 Å². The Balaban J connectivity index is 1.63. The monoisotopic (exact) mass is 446 g/mol. The molecule has 0 fully saturated rings. The number of carbonyl (C=O) groups excluding carboxylic acids is 2. The normalized spacial score (nSPS) is 15.0. The number of benzene rings is 2. The lowest BCUT2D eigenvalue weighted by atomic mass is 9.81. The van der Waals surface area contributed by atoms with E-state index in [1.54, 1.807) is 20.3 Å². The summed E-state index contributed by atoms with van der Waals surface area (Å²) in [4.78, 5) is 41.4. The van der Waals surface area contributed by atoms with E-state index < -0.39 is 11.5 Å². The minimum absolute atomic E-state index is 0.0747. The van der Waals surface area contributed by atoms with Crippen molar-refractivity contribution in [3.63, 3.8) is 0 Å². The number of hydrogen-bond donors (Lipinski definition) is 2. The molecule has 0 saturated carbocycles. The number of ether oxygens (including phenoxy) is 2. The van der Waals surface area contributed by atoms with Gasteiger partial charge in [0.25, 0.3) is 11.5 Å². The topological polar surface area (TPSA) is 97.5 Å². The van der Waals surface area contributed by atoms with Crippen LogP contribution in [0.5, 0.6) is 11.5 Å². The highest BCUT2D eigenvalue weighted by atomic mass is 16.5. The Hall–Kier alpha value is -3.87. The predicted molar refractivity (Wildman–Crippen MR) is 126 cm³/mol. The molecule has 1 aliphatic carbocycles. The average molecular weight is 447 g/mol. The standard InChI is InChI=1S/C26H26N2O5/c1-14-6-5-7-15(2)24(14)28-26(31)19-13-18-20(27-25(19)30)10-17(11-21(18)29)16-8-9-22(32-3)23(12-16)33-4/h5-9,12-13,17H,10-11H2,1-4H3,(H,27,30)(H,28,31). The Morgan fingerprint density at radius 1 is 0.970 bits per heavy atom. The van der Waals surface area contributed by atoms with Gasteiger partial charge in [-0.25, -0.2) is 0 Å². The van der Waals surface area contributed by atoms with Gasteiger partial charge in [0.05, 0.1) is 14.2 Å². The summed E-state index contributed by atoms with van der Waals surface area (Å²) in [6.07, 6.45) is 0.747. The fourth-order valence-electron chi connectivity index (χ4n) is 4.33. The van der Waals surface area contributed by atoms with E-state index in [-0.39, 0.29) is 23.7 Å². The van der Waals surface area contributed by atoms with Crippen molar-refractivity contribution in [3.05, 3.63) is 86.3 Å². The smallest absolute Gasteiger partial charge is 0.261 e. The number of rotatable bonds is 5. The van der Waals surface area contributed by atoms with Gasteiger partial charge in [0.15, 0.2) is 17.3 Å². The van der Waals surface area contributed by atoms with E-state index in [2.05, 4.69) is 10.3 Å². The maximum Gasteiger partial charge on any atom is 0.261 e. The number of aromatic nitrogens is 1. The van der Waals surface area contributed by atoms with Gasteiger partial charge in [0, 0.05) is 23.4 Å². The number of para-hydroxylation sites is 1.